The molecular weight excluding hydrogens is 458 g/mol. The number of piperazine rings is 1. The molecule has 7 rings (SSSR count). The third kappa shape index (κ3) is 4.06. The molecule has 1 amide bonds. The van der Waals surface area contributed by atoms with Crippen LogP contribution in [0.4, 0.5) is 11.5 Å². The van der Waals surface area contributed by atoms with Crippen molar-refractivity contribution in [1.82, 2.24) is 30.0 Å². The molecule has 9 heteroatoms. The maximum Gasteiger partial charge on any atom is 0.226 e. The fourth-order valence-corrected chi connectivity index (χ4v) is 6.91. The van der Waals surface area contributed by atoms with Crippen LogP contribution in [0.5, 0.6) is 0 Å². The molecule has 4 heterocycles. The second-order valence-corrected chi connectivity index (χ2v) is 11.3. The normalized spacial score (nSPS) is 20.9. The van der Waals surface area contributed by atoms with E-state index in [1.807, 2.05) is 18.3 Å². The molecule has 0 bridgehead atoms. The van der Waals surface area contributed by atoms with E-state index >= 15 is 0 Å². The van der Waals surface area contributed by atoms with Gasteiger partial charge < -0.3 is 10.2 Å². The van der Waals surface area contributed by atoms with E-state index in [1.165, 1.54) is 29.8 Å². The van der Waals surface area contributed by atoms with Gasteiger partial charge in [-0.05, 0) is 61.8 Å². The summed E-state index contributed by atoms with van der Waals surface area (Å²) in [6.45, 7) is 5.03. The minimum atomic E-state index is 0.0819. The highest BCUT2D eigenvalue weighted by molar-refractivity contribution is 7.19. The van der Waals surface area contributed by atoms with E-state index in [4.69, 9.17) is 0 Å². The highest BCUT2D eigenvalue weighted by atomic mass is 32.1. The first-order valence-electron chi connectivity index (χ1n) is 12.7. The topological polar surface area (TPSA) is 90.0 Å². The fraction of sp³-hybridized carbons (Fsp3) is 0.462. The van der Waals surface area contributed by atoms with Crippen LogP contribution in [0.1, 0.15) is 29.7 Å². The first-order chi connectivity index (χ1) is 17.2. The minimum Gasteiger partial charge on any atom is -0.340 e. The summed E-state index contributed by atoms with van der Waals surface area (Å²) >= 11 is 1.73. The van der Waals surface area contributed by atoms with Crippen molar-refractivity contribution in [3.05, 3.63) is 41.2 Å². The molecule has 1 aliphatic heterocycles. The second kappa shape index (κ2) is 8.57. The number of thiophene rings is 1. The van der Waals surface area contributed by atoms with Gasteiger partial charge in [-0.25, -0.2) is 9.97 Å². The maximum absolute atomic E-state index is 13.4. The lowest BCUT2D eigenvalue weighted by Crippen LogP contribution is -2.51. The van der Waals surface area contributed by atoms with Gasteiger partial charge in [-0.15, -0.1) is 11.3 Å². The summed E-state index contributed by atoms with van der Waals surface area (Å²) in [6.07, 6.45) is 8.85. The van der Waals surface area contributed by atoms with Crippen molar-refractivity contribution in [2.24, 2.45) is 11.8 Å². The molecule has 180 valence electrons. The second-order valence-electron chi connectivity index (χ2n) is 10.2. The highest BCUT2D eigenvalue weighted by Gasteiger charge is 2.33. The highest BCUT2D eigenvalue weighted by Crippen LogP contribution is 2.41. The molecule has 1 aromatic carbocycles. The molecule has 0 unspecified atom stereocenters. The summed E-state index contributed by atoms with van der Waals surface area (Å²) in [5.41, 5.74) is 3.30. The van der Waals surface area contributed by atoms with Crippen molar-refractivity contribution < 1.29 is 4.79 Å². The lowest BCUT2D eigenvalue weighted by molar-refractivity contribution is -0.137. The number of carbonyl (C=O) groups is 1. The van der Waals surface area contributed by atoms with Gasteiger partial charge in [-0.1, -0.05) is 0 Å². The van der Waals surface area contributed by atoms with Gasteiger partial charge >= 0.3 is 0 Å². The zero-order chi connectivity index (χ0) is 23.4. The summed E-state index contributed by atoms with van der Waals surface area (Å²) in [5.74, 6) is 2.18. The molecule has 3 aromatic heterocycles. The van der Waals surface area contributed by atoms with E-state index in [0.717, 1.165) is 84.0 Å². The van der Waals surface area contributed by atoms with Gasteiger partial charge in [0.1, 0.15) is 17.0 Å². The van der Waals surface area contributed by atoms with Gasteiger partial charge in [0.05, 0.1) is 17.1 Å². The summed E-state index contributed by atoms with van der Waals surface area (Å²) in [7, 11) is 0. The van der Waals surface area contributed by atoms with Crippen molar-refractivity contribution in [3.8, 4) is 0 Å². The van der Waals surface area contributed by atoms with E-state index in [-0.39, 0.29) is 5.92 Å². The minimum absolute atomic E-state index is 0.0819. The van der Waals surface area contributed by atoms with Crippen LogP contribution in [0.2, 0.25) is 0 Å². The van der Waals surface area contributed by atoms with Gasteiger partial charge in [0.2, 0.25) is 5.91 Å². The number of amides is 1. The number of nitrogens with one attached hydrogen (secondary N) is 2. The monoisotopic (exact) mass is 487 g/mol. The van der Waals surface area contributed by atoms with Crippen LogP contribution in [0, 0.1) is 11.8 Å². The molecule has 1 saturated carbocycles. The Hall–Kier alpha value is -3.04. The van der Waals surface area contributed by atoms with Gasteiger partial charge in [0.25, 0.3) is 0 Å². The van der Waals surface area contributed by atoms with Crippen molar-refractivity contribution in [2.75, 3.05) is 38.0 Å². The molecule has 0 spiro atoms. The zero-order valence-corrected chi connectivity index (χ0v) is 20.5. The van der Waals surface area contributed by atoms with E-state index in [2.05, 4.69) is 41.3 Å². The number of benzene rings is 1. The Kier molecular flexibility index (Phi) is 5.20. The first kappa shape index (κ1) is 21.3. The molecule has 8 nitrogen and oxygen atoms in total. The van der Waals surface area contributed by atoms with Gasteiger partial charge in [0, 0.05) is 54.6 Å². The lowest BCUT2D eigenvalue weighted by Gasteiger charge is -2.37. The largest absolute Gasteiger partial charge is 0.340 e. The molecule has 0 radical (unpaired) electrons. The predicted octanol–water partition coefficient (Wildman–Crippen LogP) is 3.97. The number of aryl methyl sites for hydroxylation is 1. The number of rotatable bonds is 5. The molecule has 35 heavy (non-hydrogen) atoms. The van der Waals surface area contributed by atoms with Crippen molar-refractivity contribution >= 4 is 49.9 Å². The number of aromatic nitrogens is 4. The zero-order valence-electron chi connectivity index (χ0n) is 19.7. The van der Waals surface area contributed by atoms with E-state index in [9.17, 15) is 4.79 Å². The summed E-state index contributed by atoms with van der Waals surface area (Å²) in [4.78, 5) is 29.5. The third-order valence-corrected chi connectivity index (χ3v) is 8.96. The number of nitrogens with zero attached hydrogens (tertiary/aromatic N) is 5. The Morgan fingerprint density at radius 3 is 2.89 bits per heavy atom. The molecule has 3 aliphatic rings. The Morgan fingerprint density at radius 2 is 2.03 bits per heavy atom. The van der Waals surface area contributed by atoms with E-state index in [1.54, 1.807) is 17.7 Å². The maximum atomic E-state index is 13.4. The van der Waals surface area contributed by atoms with Crippen LogP contribution < -0.4 is 5.32 Å². The number of hydrogen-bond donors (Lipinski definition) is 2. The fourth-order valence-electron chi connectivity index (χ4n) is 5.65. The van der Waals surface area contributed by atoms with Crippen LogP contribution in [-0.4, -0.2) is 68.6 Å². The molecule has 1 saturated heterocycles. The lowest BCUT2D eigenvalue weighted by atomic mass is 9.86. The number of carbonyl (C=O) groups excluding carboxylic acids is 1. The van der Waals surface area contributed by atoms with Gasteiger partial charge in [0.15, 0.2) is 0 Å². The summed E-state index contributed by atoms with van der Waals surface area (Å²) in [5, 5.41) is 12.8. The van der Waals surface area contributed by atoms with Crippen LogP contribution >= 0.6 is 11.3 Å². The molecular formula is C26H29N7OS. The average Bonchev–Trinajstić information content (AvgIpc) is 3.43. The van der Waals surface area contributed by atoms with Crippen LogP contribution in [0.15, 0.2) is 30.7 Å². The third-order valence-electron chi connectivity index (χ3n) is 7.79. The van der Waals surface area contributed by atoms with Gasteiger partial charge in [-0.2, -0.15) is 5.10 Å². The number of H-pyrrole nitrogens is 1. The average molecular weight is 488 g/mol. The standard InChI is InChI=1S/C26H29N7OS/c34-26(33-9-7-32(8-10-33)14-16-1-2-16)17-3-5-20-22(12-17)35-25-23(20)24(27-15-28-25)30-19-4-6-21-18(11-19)13-29-31-21/h4,6,11,13,15-17H,1-3,5,7-10,12,14H2,(H,29,31)(H,27,28,30)/t17-/m0/s1. The molecule has 4 aromatic rings. The van der Waals surface area contributed by atoms with Crippen molar-refractivity contribution in [3.63, 3.8) is 0 Å². The molecule has 2 N–H and O–H groups in total. The Balaban J connectivity index is 1.08. The number of hydrogen-bond acceptors (Lipinski definition) is 7. The Labute approximate surface area is 207 Å². The van der Waals surface area contributed by atoms with Crippen LogP contribution in [0.3, 0.4) is 0 Å². The summed E-state index contributed by atoms with van der Waals surface area (Å²) in [6, 6.07) is 6.13. The van der Waals surface area contributed by atoms with Gasteiger partial charge in [-0.3, -0.25) is 14.8 Å². The number of anilines is 2. The van der Waals surface area contributed by atoms with E-state index < -0.39 is 0 Å². The molecule has 1 atom stereocenters. The number of fused-ring (bicyclic) bond motifs is 4. The Bertz CT molecular complexity index is 1400. The smallest absolute Gasteiger partial charge is 0.226 e. The van der Waals surface area contributed by atoms with E-state index in [0.29, 0.717) is 5.91 Å². The molecule has 2 fully saturated rings. The van der Waals surface area contributed by atoms with Crippen LogP contribution in [-0.2, 0) is 17.6 Å². The quantitative estimate of drug-likeness (QED) is 0.443. The van der Waals surface area contributed by atoms with Crippen molar-refractivity contribution in [2.45, 2.75) is 32.1 Å². The summed E-state index contributed by atoms with van der Waals surface area (Å²) < 4.78 is 0. The predicted molar refractivity (Wildman–Crippen MR) is 138 cm³/mol. The van der Waals surface area contributed by atoms with Crippen LogP contribution in [0.25, 0.3) is 21.1 Å². The van der Waals surface area contributed by atoms with Crippen molar-refractivity contribution in [1.29, 1.82) is 0 Å². The first-order valence-corrected chi connectivity index (χ1v) is 13.5. The Morgan fingerprint density at radius 1 is 1.14 bits per heavy atom. The molecule has 2 aliphatic carbocycles. The SMILES string of the molecule is O=C([C@H]1CCc2c(sc3ncnc(Nc4ccc5[nH]ncc5c4)c23)C1)N1CCN(CC2CC2)CC1. The number of aromatic amines is 1.